The third-order valence-electron chi connectivity index (χ3n) is 9.16. The number of benzene rings is 4. The number of hydrogen-bond donors (Lipinski definition) is 1. The van der Waals surface area contributed by atoms with E-state index in [0.29, 0.717) is 0 Å². The van der Waals surface area contributed by atoms with Crippen molar-refractivity contribution in [1.29, 1.82) is 0 Å². The standard InChI is InChI=1S/C34H33N/c1-34(2)30-13-8-12-27(29-20-22-15-16-24(29)19-22)33(30)28-18-17-25(21-31(28)34)35-32-14-7-6-11-26(32)23-9-4-3-5-10-23/h3-14,17-18,21-22,24,29,35H,15-16,19-20H2,1-2H3. The van der Waals surface area contributed by atoms with Crippen molar-refractivity contribution >= 4 is 11.4 Å². The van der Waals surface area contributed by atoms with Crippen molar-refractivity contribution in [3.8, 4) is 22.3 Å². The fourth-order valence-electron chi connectivity index (χ4n) is 7.45. The van der Waals surface area contributed by atoms with Crippen molar-refractivity contribution in [2.24, 2.45) is 11.8 Å². The average Bonchev–Trinajstić information content (AvgIpc) is 3.58. The number of rotatable bonds is 4. The monoisotopic (exact) mass is 455 g/mol. The number of hydrogen-bond acceptors (Lipinski definition) is 1. The maximum atomic E-state index is 3.76. The zero-order valence-electron chi connectivity index (χ0n) is 20.7. The first kappa shape index (κ1) is 21.0. The minimum absolute atomic E-state index is 0.00886. The molecule has 174 valence electrons. The summed E-state index contributed by atoms with van der Waals surface area (Å²) in [6, 6.07) is 33.5. The normalized spacial score (nSPS) is 23.2. The summed E-state index contributed by atoms with van der Waals surface area (Å²) in [4.78, 5) is 0. The number of anilines is 2. The Morgan fingerprint density at radius 3 is 2.34 bits per heavy atom. The van der Waals surface area contributed by atoms with Gasteiger partial charge in [0.2, 0.25) is 0 Å². The van der Waals surface area contributed by atoms with Gasteiger partial charge in [-0.25, -0.2) is 0 Å². The second-order valence-electron chi connectivity index (χ2n) is 11.5. The van der Waals surface area contributed by atoms with Crippen molar-refractivity contribution in [3.05, 3.63) is 108 Å². The lowest BCUT2D eigenvalue weighted by Crippen LogP contribution is -2.16. The Kier molecular flexibility index (Phi) is 4.71. The Balaban J connectivity index is 1.29. The second-order valence-corrected chi connectivity index (χ2v) is 11.5. The third kappa shape index (κ3) is 3.28. The molecule has 0 radical (unpaired) electrons. The fourth-order valence-corrected chi connectivity index (χ4v) is 7.45. The van der Waals surface area contributed by atoms with Gasteiger partial charge in [0.1, 0.15) is 0 Å². The lowest BCUT2D eigenvalue weighted by atomic mass is 9.78. The minimum atomic E-state index is 0.00886. The highest BCUT2D eigenvalue weighted by Gasteiger charge is 2.44. The molecule has 3 atom stereocenters. The minimum Gasteiger partial charge on any atom is -0.355 e. The number of nitrogens with one attached hydrogen (secondary N) is 1. The summed E-state index contributed by atoms with van der Waals surface area (Å²) in [5.41, 5.74) is 12.4. The summed E-state index contributed by atoms with van der Waals surface area (Å²) in [5.74, 6) is 2.61. The SMILES string of the molecule is CC1(C)c2cc(Nc3ccccc3-c3ccccc3)ccc2-c2c(C3CC4CCC3C4)cccc21. The number of para-hydroxylation sites is 1. The third-order valence-corrected chi connectivity index (χ3v) is 9.16. The van der Waals surface area contributed by atoms with Gasteiger partial charge in [-0.15, -0.1) is 0 Å². The largest absolute Gasteiger partial charge is 0.355 e. The van der Waals surface area contributed by atoms with E-state index in [1.807, 2.05) is 0 Å². The van der Waals surface area contributed by atoms with Crippen LogP contribution in [0.3, 0.4) is 0 Å². The van der Waals surface area contributed by atoms with Crippen LogP contribution < -0.4 is 5.32 Å². The highest BCUT2D eigenvalue weighted by atomic mass is 14.9. The van der Waals surface area contributed by atoms with Crippen molar-refractivity contribution in [1.82, 2.24) is 0 Å². The molecule has 7 rings (SSSR count). The van der Waals surface area contributed by atoms with Crippen molar-refractivity contribution in [3.63, 3.8) is 0 Å². The van der Waals surface area contributed by atoms with Gasteiger partial charge in [-0.1, -0.05) is 93.1 Å². The Hall–Kier alpha value is -3.32. The first-order chi connectivity index (χ1) is 17.1. The summed E-state index contributed by atoms with van der Waals surface area (Å²) in [6.45, 7) is 4.81. The van der Waals surface area contributed by atoms with Crippen LogP contribution in [0.1, 0.15) is 62.1 Å². The van der Waals surface area contributed by atoms with Crippen LogP contribution in [0.2, 0.25) is 0 Å². The molecule has 3 aliphatic rings. The summed E-state index contributed by atoms with van der Waals surface area (Å²) in [6.07, 6.45) is 5.73. The molecule has 2 bridgehead atoms. The van der Waals surface area contributed by atoms with E-state index >= 15 is 0 Å². The Labute approximate surface area is 209 Å². The predicted octanol–water partition coefficient (Wildman–Crippen LogP) is 9.31. The van der Waals surface area contributed by atoms with Gasteiger partial charge < -0.3 is 5.32 Å². The lowest BCUT2D eigenvalue weighted by Gasteiger charge is -2.26. The smallest absolute Gasteiger partial charge is 0.0463 e. The van der Waals surface area contributed by atoms with E-state index in [1.165, 1.54) is 53.5 Å². The van der Waals surface area contributed by atoms with E-state index in [1.54, 1.807) is 11.1 Å². The van der Waals surface area contributed by atoms with Crippen molar-refractivity contribution < 1.29 is 0 Å². The van der Waals surface area contributed by atoms with Crippen LogP contribution in [0.25, 0.3) is 22.3 Å². The maximum absolute atomic E-state index is 3.76. The van der Waals surface area contributed by atoms with Gasteiger partial charge in [0, 0.05) is 22.4 Å². The van der Waals surface area contributed by atoms with E-state index in [0.717, 1.165) is 29.1 Å². The van der Waals surface area contributed by atoms with Gasteiger partial charge in [-0.3, -0.25) is 0 Å². The average molecular weight is 456 g/mol. The molecule has 1 nitrogen and oxygen atoms in total. The molecule has 0 saturated heterocycles. The molecule has 0 aromatic heterocycles. The molecule has 4 aromatic carbocycles. The van der Waals surface area contributed by atoms with Crippen LogP contribution in [0.4, 0.5) is 11.4 Å². The zero-order chi connectivity index (χ0) is 23.6. The zero-order valence-corrected chi connectivity index (χ0v) is 20.7. The Bertz CT molecular complexity index is 1410. The van der Waals surface area contributed by atoms with Crippen LogP contribution >= 0.6 is 0 Å². The van der Waals surface area contributed by atoms with Gasteiger partial charge in [0.15, 0.2) is 0 Å². The summed E-state index contributed by atoms with van der Waals surface area (Å²) < 4.78 is 0. The van der Waals surface area contributed by atoms with Crippen molar-refractivity contribution in [2.45, 2.75) is 50.9 Å². The molecular formula is C34H33N. The van der Waals surface area contributed by atoms with Crippen LogP contribution in [-0.2, 0) is 5.41 Å². The molecule has 0 aliphatic heterocycles. The molecule has 35 heavy (non-hydrogen) atoms. The molecular weight excluding hydrogens is 422 g/mol. The van der Waals surface area contributed by atoms with E-state index in [2.05, 4.69) is 110 Å². The van der Waals surface area contributed by atoms with E-state index in [9.17, 15) is 0 Å². The van der Waals surface area contributed by atoms with E-state index in [4.69, 9.17) is 0 Å². The highest BCUT2D eigenvalue weighted by Crippen LogP contribution is 2.58. The van der Waals surface area contributed by atoms with Gasteiger partial charge in [0.05, 0.1) is 0 Å². The second kappa shape index (κ2) is 7.85. The summed E-state index contributed by atoms with van der Waals surface area (Å²) in [5, 5.41) is 3.76. The molecule has 1 N–H and O–H groups in total. The van der Waals surface area contributed by atoms with Crippen LogP contribution in [-0.4, -0.2) is 0 Å². The van der Waals surface area contributed by atoms with Crippen molar-refractivity contribution in [2.75, 3.05) is 5.32 Å². The van der Waals surface area contributed by atoms with Gasteiger partial charge in [-0.05, 0) is 88.6 Å². The first-order valence-electron chi connectivity index (χ1n) is 13.3. The molecule has 0 amide bonds. The van der Waals surface area contributed by atoms with Gasteiger partial charge in [0.25, 0.3) is 0 Å². The molecule has 3 unspecified atom stereocenters. The Morgan fingerprint density at radius 1 is 0.714 bits per heavy atom. The molecule has 1 heteroatoms. The van der Waals surface area contributed by atoms with Gasteiger partial charge >= 0.3 is 0 Å². The molecule has 2 saturated carbocycles. The topological polar surface area (TPSA) is 12.0 Å². The molecule has 0 heterocycles. The van der Waals surface area contributed by atoms with Crippen LogP contribution in [0.5, 0.6) is 0 Å². The van der Waals surface area contributed by atoms with Crippen LogP contribution in [0.15, 0.2) is 91.0 Å². The van der Waals surface area contributed by atoms with E-state index < -0.39 is 0 Å². The molecule has 2 fully saturated rings. The first-order valence-corrected chi connectivity index (χ1v) is 13.3. The summed E-state index contributed by atoms with van der Waals surface area (Å²) >= 11 is 0. The summed E-state index contributed by atoms with van der Waals surface area (Å²) in [7, 11) is 0. The quantitative estimate of drug-likeness (QED) is 0.323. The maximum Gasteiger partial charge on any atom is 0.0463 e. The van der Waals surface area contributed by atoms with Gasteiger partial charge in [-0.2, -0.15) is 0 Å². The predicted molar refractivity (Wildman–Crippen MR) is 147 cm³/mol. The number of fused-ring (bicyclic) bond motifs is 5. The van der Waals surface area contributed by atoms with E-state index in [-0.39, 0.29) is 5.41 Å². The fraction of sp³-hybridized carbons (Fsp3) is 0.294. The molecule has 4 aromatic rings. The van der Waals surface area contributed by atoms with Crippen LogP contribution in [0, 0.1) is 11.8 Å². The molecule has 0 spiro atoms. The highest BCUT2D eigenvalue weighted by molar-refractivity contribution is 5.87. The lowest BCUT2D eigenvalue weighted by molar-refractivity contribution is 0.420. The molecule has 3 aliphatic carbocycles. The Morgan fingerprint density at radius 2 is 1.54 bits per heavy atom.